The molecule has 0 aliphatic carbocycles. The van der Waals surface area contributed by atoms with Gasteiger partial charge in [0.15, 0.2) is 0 Å². The molecule has 2 aromatic rings. The lowest BCUT2D eigenvalue weighted by Crippen LogP contribution is -2.04. The van der Waals surface area contributed by atoms with Gasteiger partial charge in [-0.15, -0.1) is 0 Å². The summed E-state index contributed by atoms with van der Waals surface area (Å²) in [4.78, 5) is 4.26. The first-order valence-electron chi connectivity index (χ1n) is 6.48. The van der Waals surface area contributed by atoms with Crippen LogP contribution >= 0.6 is 0 Å². The average Bonchev–Trinajstić information content (AvgIpc) is 2.41. The predicted octanol–water partition coefficient (Wildman–Crippen LogP) is 3.06. The highest BCUT2D eigenvalue weighted by Crippen LogP contribution is 2.22. The van der Waals surface area contributed by atoms with Crippen molar-refractivity contribution >= 4 is 0 Å². The van der Waals surface area contributed by atoms with Crippen LogP contribution in [0.3, 0.4) is 0 Å². The molecule has 0 aliphatic rings. The number of aliphatic hydroxyl groups excluding tert-OH is 1. The molecule has 19 heavy (non-hydrogen) atoms. The fraction of sp³-hybridized carbons (Fsp3) is 0.312. The number of nitrogens with zero attached hydrogens (tertiary/aromatic N) is 1. The molecule has 100 valence electrons. The third-order valence-electron chi connectivity index (χ3n) is 3.02. The topological polar surface area (TPSA) is 42.4 Å². The van der Waals surface area contributed by atoms with E-state index in [2.05, 4.69) is 4.98 Å². The monoisotopic (exact) mass is 257 g/mol. The first-order valence-corrected chi connectivity index (χ1v) is 6.48. The molecule has 1 unspecified atom stereocenters. The van der Waals surface area contributed by atoms with Gasteiger partial charge in [0.05, 0.1) is 12.7 Å². The van der Waals surface area contributed by atoms with E-state index < -0.39 is 6.10 Å². The van der Waals surface area contributed by atoms with E-state index in [1.165, 1.54) is 0 Å². The first kappa shape index (κ1) is 13.6. The minimum Gasteiger partial charge on any atom is -0.493 e. The van der Waals surface area contributed by atoms with Gasteiger partial charge in [0.2, 0.25) is 0 Å². The summed E-state index contributed by atoms with van der Waals surface area (Å²) >= 11 is 0. The summed E-state index contributed by atoms with van der Waals surface area (Å²) < 4.78 is 5.75. The standard InChI is InChI=1S/C16H19NO2/c1-12-11-14(13(2)18)6-7-16(12)19-10-8-15-5-3-4-9-17-15/h3-7,9,11,13,18H,8,10H2,1-2H3. The van der Waals surface area contributed by atoms with Crippen molar-refractivity contribution in [3.63, 3.8) is 0 Å². The molecule has 0 bridgehead atoms. The number of aryl methyl sites for hydroxylation is 1. The zero-order valence-corrected chi connectivity index (χ0v) is 11.3. The molecule has 2 rings (SSSR count). The second kappa shape index (κ2) is 6.34. The van der Waals surface area contributed by atoms with Crippen molar-refractivity contribution in [1.29, 1.82) is 0 Å². The summed E-state index contributed by atoms with van der Waals surface area (Å²) in [6.45, 7) is 4.35. The van der Waals surface area contributed by atoms with Crippen LogP contribution in [0.4, 0.5) is 0 Å². The Morgan fingerprint density at radius 2 is 2.11 bits per heavy atom. The maximum absolute atomic E-state index is 9.51. The van der Waals surface area contributed by atoms with Crippen LogP contribution in [0, 0.1) is 6.92 Å². The van der Waals surface area contributed by atoms with E-state index in [0.29, 0.717) is 6.61 Å². The average molecular weight is 257 g/mol. The normalized spacial score (nSPS) is 12.2. The third kappa shape index (κ3) is 3.80. The van der Waals surface area contributed by atoms with E-state index in [9.17, 15) is 5.11 Å². The van der Waals surface area contributed by atoms with E-state index in [0.717, 1.165) is 29.0 Å². The van der Waals surface area contributed by atoms with Crippen LogP contribution in [0.1, 0.15) is 29.8 Å². The maximum Gasteiger partial charge on any atom is 0.122 e. The van der Waals surface area contributed by atoms with Crippen LogP contribution in [-0.4, -0.2) is 16.7 Å². The van der Waals surface area contributed by atoms with Crippen molar-refractivity contribution in [2.75, 3.05) is 6.61 Å². The lowest BCUT2D eigenvalue weighted by molar-refractivity contribution is 0.199. The van der Waals surface area contributed by atoms with E-state index in [4.69, 9.17) is 4.74 Å². The zero-order valence-electron chi connectivity index (χ0n) is 11.3. The predicted molar refractivity (Wildman–Crippen MR) is 75.2 cm³/mol. The van der Waals surface area contributed by atoms with Crippen molar-refractivity contribution in [2.24, 2.45) is 0 Å². The van der Waals surface area contributed by atoms with Gasteiger partial charge in [-0.25, -0.2) is 0 Å². The highest BCUT2D eigenvalue weighted by Gasteiger charge is 2.05. The molecule has 0 aliphatic heterocycles. The Labute approximate surface area is 113 Å². The summed E-state index contributed by atoms with van der Waals surface area (Å²) in [6.07, 6.45) is 2.14. The minimum absolute atomic E-state index is 0.443. The Morgan fingerprint density at radius 1 is 1.26 bits per heavy atom. The number of hydrogen-bond donors (Lipinski definition) is 1. The number of rotatable bonds is 5. The van der Waals surface area contributed by atoms with Crippen LogP contribution in [0.2, 0.25) is 0 Å². The Balaban J connectivity index is 1.93. The smallest absolute Gasteiger partial charge is 0.122 e. The second-order valence-electron chi connectivity index (χ2n) is 4.62. The van der Waals surface area contributed by atoms with Crippen LogP contribution in [0.5, 0.6) is 5.75 Å². The number of aromatic nitrogens is 1. The number of benzene rings is 1. The highest BCUT2D eigenvalue weighted by molar-refractivity contribution is 5.36. The van der Waals surface area contributed by atoms with Gasteiger partial charge in [0, 0.05) is 18.3 Å². The summed E-state index contributed by atoms with van der Waals surface area (Å²) in [5, 5.41) is 9.51. The van der Waals surface area contributed by atoms with Crippen LogP contribution in [-0.2, 0) is 6.42 Å². The van der Waals surface area contributed by atoms with Crippen LogP contribution in [0.15, 0.2) is 42.6 Å². The molecule has 1 N–H and O–H groups in total. The van der Waals surface area contributed by atoms with E-state index >= 15 is 0 Å². The van der Waals surface area contributed by atoms with Crippen molar-refractivity contribution in [3.8, 4) is 5.75 Å². The van der Waals surface area contributed by atoms with Crippen molar-refractivity contribution in [1.82, 2.24) is 4.98 Å². The lowest BCUT2D eigenvalue weighted by Gasteiger charge is -2.11. The fourth-order valence-corrected chi connectivity index (χ4v) is 1.91. The minimum atomic E-state index is -0.443. The van der Waals surface area contributed by atoms with Gasteiger partial charge >= 0.3 is 0 Å². The first-order chi connectivity index (χ1) is 9.16. The highest BCUT2D eigenvalue weighted by atomic mass is 16.5. The van der Waals surface area contributed by atoms with E-state index in [1.54, 1.807) is 13.1 Å². The number of hydrogen-bond acceptors (Lipinski definition) is 3. The van der Waals surface area contributed by atoms with Crippen molar-refractivity contribution < 1.29 is 9.84 Å². The Morgan fingerprint density at radius 3 is 2.74 bits per heavy atom. The lowest BCUT2D eigenvalue weighted by atomic mass is 10.1. The number of ether oxygens (including phenoxy) is 1. The van der Waals surface area contributed by atoms with E-state index in [1.807, 2.05) is 43.3 Å². The maximum atomic E-state index is 9.51. The molecule has 0 fully saturated rings. The summed E-state index contributed by atoms with van der Waals surface area (Å²) in [5.41, 5.74) is 2.98. The molecule has 1 aromatic carbocycles. The summed E-state index contributed by atoms with van der Waals surface area (Å²) in [5.74, 6) is 0.861. The van der Waals surface area contributed by atoms with Crippen LogP contribution in [0.25, 0.3) is 0 Å². The fourth-order valence-electron chi connectivity index (χ4n) is 1.91. The molecular formula is C16H19NO2. The summed E-state index contributed by atoms with van der Waals surface area (Å²) in [6, 6.07) is 11.6. The molecule has 1 heterocycles. The molecule has 3 nitrogen and oxygen atoms in total. The third-order valence-corrected chi connectivity index (χ3v) is 3.02. The molecule has 1 atom stereocenters. The quantitative estimate of drug-likeness (QED) is 0.895. The van der Waals surface area contributed by atoms with Crippen LogP contribution < -0.4 is 4.74 Å². The molecular weight excluding hydrogens is 238 g/mol. The zero-order chi connectivity index (χ0) is 13.7. The Kier molecular flexibility index (Phi) is 4.53. The molecule has 0 spiro atoms. The summed E-state index contributed by atoms with van der Waals surface area (Å²) in [7, 11) is 0. The van der Waals surface area contributed by atoms with Gasteiger partial charge in [-0.05, 0) is 49.2 Å². The van der Waals surface area contributed by atoms with Gasteiger partial charge in [0.1, 0.15) is 5.75 Å². The number of aliphatic hydroxyl groups is 1. The molecule has 0 amide bonds. The van der Waals surface area contributed by atoms with Crippen molar-refractivity contribution in [3.05, 3.63) is 59.4 Å². The number of pyridine rings is 1. The Hall–Kier alpha value is -1.87. The van der Waals surface area contributed by atoms with E-state index in [-0.39, 0.29) is 0 Å². The SMILES string of the molecule is Cc1cc(C(C)O)ccc1OCCc1ccccn1. The van der Waals surface area contributed by atoms with Gasteiger partial charge in [-0.1, -0.05) is 12.1 Å². The molecule has 0 radical (unpaired) electrons. The largest absolute Gasteiger partial charge is 0.493 e. The van der Waals surface area contributed by atoms with Crippen molar-refractivity contribution in [2.45, 2.75) is 26.4 Å². The second-order valence-corrected chi connectivity index (χ2v) is 4.62. The molecule has 0 saturated heterocycles. The molecule has 3 heteroatoms. The molecule has 0 saturated carbocycles. The van der Waals surface area contributed by atoms with Gasteiger partial charge in [-0.3, -0.25) is 4.98 Å². The van der Waals surface area contributed by atoms with Gasteiger partial charge in [-0.2, -0.15) is 0 Å². The Bertz CT molecular complexity index is 524. The van der Waals surface area contributed by atoms with Gasteiger partial charge < -0.3 is 9.84 Å². The molecule has 1 aromatic heterocycles. The van der Waals surface area contributed by atoms with Gasteiger partial charge in [0.25, 0.3) is 0 Å².